The van der Waals surface area contributed by atoms with Gasteiger partial charge in [-0.15, -0.1) is 0 Å². The van der Waals surface area contributed by atoms with Gasteiger partial charge in [-0.1, -0.05) is 42.8 Å². The van der Waals surface area contributed by atoms with Crippen molar-refractivity contribution in [3.05, 3.63) is 64.1 Å². The topological polar surface area (TPSA) is 77.2 Å². The van der Waals surface area contributed by atoms with Crippen molar-refractivity contribution in [2.24, 2.45) is 0 Å². The molecule has 1 aromatic heterocycles. The van der Waals surface area contributed by atoms with Crippen LogP contribution in [-0.4, -0.2) is 10.5 Å². The molecule has 3 N–H and O–H groups in total. The Hall–Kier alpha value is -2.64. The van der Waals surface area contributed by atoms with Crippen LogP contribution in [-0.2, 0) is 11.2 Å². The molecule has 1 atom stereocenters. The van der Waals surface area contributed by atoms with Gasteiger partial charge in [0.05, 0.1) is 27.0 Å². The smallest absolute Gasteiger partial charge is 0.412 e. The maximum atomic E-state index is 14.0. The van der Waals surface area contributed by atoms with E-state index in [0.717, 1.165) is 29.1 Å². The number of aromatic nitrogens is 1. The van der Waals surface area contributed by atoms with Crippen LogP contribution in [0, 0.1) is 12.7 Å². The molecule has 152 valence electrons. The number of nitrogen functional groups attached to an aromatic ring is 1. The molecule has 0 spiro atoms. The molecule has 0 radical (unpaired) electrons. The molecule has 0 aliphatic rings. The van der Waals surface area contributed by atoms with E-state index in [2.05, 4.69) is 9.69 Å². The molecule has 1 unspecified atom stereocenters. The number of hydrogen-bond donors (Lipinski definition) is 2. The highest BCUT2D eigenvalue weighted by molar-refractivity contribution is 7.10. The maximum absolute atomic E-state index is 14.0. The predicted molar refractivity (Wildman–Crippen MR) is 116 cm³/mol. The number of nitrogens with one attached hydrogen (secondary N) is 1. The highest BCUT2D eigenvalue weighted by Gasteiger charge is 2.21. The number of anilines is 2. The summed E-state index contributed by atoms with van der Waals surface area (Å²) in [5.74, 6) is -0.589. The van der Waals surface area contributed by atoms with E-state index < -0.39 is 18.0 Å². The van der Waals surface area contributed by atoms with E-state index in [1.54, 1.807) is 6.92 Å². The quantitative estimate of drug-likeness (QED) is 0.458. The Kier molecular flexibility index (Phi) is 6.39. The summed E-state index contributed by atoms with van der Waals surface area (Å²) in [6, 6.07) is 10.4. The normalized spacial score (nSPS) is 11.9. The Morgan fingerprint density at radius 3 is 2.83 bits per heavy atom. The van der Waals surface area contributed by atoms with E-state index in [0.29, 0.717) is 21.8 Å². The summed E-state index contributed by atoms with van der Waals surface area (Å²) in [6.07, 6.45) is -0.219. The van der Waals surface area contributed by atoms with Crippen molar-refractivity contribution in [3.63, 3.8) is 0 Å². The summed E-state index contributed by atoms with van der Waals surface area (Å²) < 4.78 is 23.8. The van der Waals surface area contributed by atoms with Gasteiger partial charge in [-0.3, -0.25) is 5.32 Å². The fourth-order valence-corrected chi connectivity index (χ4v) is 4.24. The molecule has 0 saturated heterocycles. The van der Waals surface area contributed by atoms with Crippen molar-refractivity contribution in [1.29, 1.82) is 0 Å². The molecule has 1 heterocycles. The van der Waals surface area contributed by atoms with Crippen molar-refractivity contribution in [1.82, 2.24) is 4.37 Å². The lowest BCUT2D eigenvalue weighted by Gasteiger charge is -2.17. The first-order valence-corrected chi connectivity index (χ1v) is 10.2. The van der Waals surface area contributed by atoms with Crippen molar-refractivity contribution < 1.29 is 13.9 Å². The zero-order valence-corrected chi connectivity index (χ0v) is 17.8. The van der Waals surface area contributed by atoms with E-state index in [4.69, 9.17) is 22.1 Å². The van der Waals surface area contributed by atoms with Crippen LogP contribution in [0.15, 0.2) is 36.4 Å². The van der Waals surface area contributed by atoms with Gasteiger partial charge in [0.25, 0.3) is 0 Å². The van der Waals surface area contributed by atoms with Crippen molar-refractivity contribution >= 4 is 40.6 Å². The first-order valence-electron chi connectivity index (χ1n) is 9.08. The van der Waals surface area contributed by atoms with Crippen LogP contribution in [0.3, 0.4) is 0 Å². The number of amides is 1. The minimum Gasteiger partial charge on any atom is -0.441 e. The van der Waals surface area contributed by atoms with Crippen LogP contribution in [0.1, 0.15) is 36.8 Å². The summed E-state index contributed by atoms with van der Waals surface area (Å²) >= 11 is 7.35. The Balaban J connectivity index is 1.83. The second kappa shape index (κ2) is 8.80. The van der Waals surface area contributed by atoms with Crippen LogP contribution in [0.4, 0.5) is 20.6 Å². The number of rotatable bonds is 5. The molecule has 2 aromatic carbocycles. The molecule has 0 saturated carbocycles. The van der Waals surface area contributed by atoms with E-state index in [9.17, 15) is 9.18 Å². The lowest BCUT2D eigenvalue weighted by Crippen LogP contribution is -2.17. The summed E-state index contributed by atoms with van der Waals surface area (Å²) in [5.41, 5.74) is 9.01. The van der Waals surface area contributed by atoms with Gasteiger partial charge in [-0.05, 0) is 55.1 Å². The van der Waals surface area contributed by atoms with Crippen LogP contribution in [0.2, 0.25) is 5.02 Å². The van der Waals surface area contributed by atoms with Gasteiger partial charge in [0, 0.05) is 5.56 Å². The third kappa shape index (κ3) is 4.52. The van der Waals surface area contributed by atoms with Crippen molar-refractivity contribution in [2.75, 3.05) is 11.1 Å². The molecular formula is C21H21ClFN3O2S. The number of ether oxygens (including phenoxy) is 1. The van der Waals surface area contributed by atoms with Crippen LogP contribution >= 0.6 is 23.1 Å². The van der Waals surface area contributed by atoms with Crippen molar-refractivity contribution in [3.8, 4) is 10.4 Å². The Morgan fingerprint density at radius 2 is 2.10 bits per heavy atom. The molecule has 3 rings (SSSR count). The second-order valence-corrected chi connectivity index (χ2v) is 7.73. The number of aryl methyl sites for hydroxylation is 2. The minimum atomic E-state index is -0.625. The molecule has 8 heteroatoms. The summed E-state index contributed by atoms with van der Waals surface area (Å²) in [7, 11) is 0. The Bertz CT molecular complexity index is 1050. The fourth-order valence-electron chi connectivity index (χ4n) is 3.05. The summed E-state index contributed by atoms with van der Waals surface area (Å²) in [4.78, 5) is 13.1. The van der Waals surface area contributed by atoms with Crippen LogP contribution in [0.25, 0.3) is 10.4 Å². The molecular weight excluding hydrogens is 413 g/mol. The first kappa shape index (κ1) is 21.1. The molecule has 0 bridgehead atoms. The average molecular weight is 434 g/mol. The monoisotopic (exact) mass is 433 g/mol. The fraction of sp³-hybridized carbons (Fsp3) is 0.238. The lowest BCUT2D eigenvalue weighted by molar-refractivity contribution is 0.120. The standard InChI is InChI=1S/C21H21ClFN3O2S/c1-4-13-7-5-6-8-14(13)12(3)28-21(27)25-19-11(2)26-29-20(19)15-9-17(23)18(24)10-16(15)22/h5-10,12H,4,24H2,1-3H3,(H,25,27). The van der Waals surface area contributed by atoms with Crippen LogP contribution in [0.5, 0.6) is 0 Å². The number of hydrogen-bond acceptors (Lipinski definition) is 5. The zero-order valence-electron chi connectivity index (χ0n) is 16.3. The van der Waals surface area contributed by atoms with Gasteiger partial charge in [0.15, 0.2) is 0 Å². The molecule has 0 aliphatic heterocycles. The molecule has 0 aliphatic carbocycles. The van der Waals surface area contributed by atoms with Gasteiger partial charge in [0.1, 0.15) is 11.9 Å². The summed E-state index contributed by atoms with van der Waals surface area (Å²) in [5, 5.41) is 3.00. The van der Waals surface area contributed by atoms with Gasteiger partial charge in [0.2, 0.25) is 0 Å². The number of nitrogens with two attached hydrogens (primary N) is 1. The van der Waals surface area contributed by atoms with Crippen LogP contribution < -0.4 is 11.1 Å². The van der Waals surface area contributed by atoms with E-state index in [1.807, 2.05) is 38.1 Å². The molecule has 3 aromatic rings. The van der Waals surface area contributed by atoms with E-state index in [1.165, 1.54) is 12.1 Å². The molecule has 5 nitrogen and oxygen atoms in total. The largest absolute Gasteiger partial charge is 0.441 e. The Labute approximate surface area is 177 Å². The van der Waals surface area contributed by atoms with E-state index >= 15 is 0 Å². The van der Waals surface area contributed by atoms with Gasteiger partial charge < -0.3 is 10.5 Å². The third-order valence-electron chi connectivity index (χ3n) is 4.58. The lowest BCUT2D eigenvalue weighted by atomic mass is 10.0. The maximum Gasteiger partial charge on any atom is 0.412 e. The first-order chi connectivity index (χ1) is 13.8. The van der Waals surface area contributed by atoms with Gasteiger partial charge in [-0.25, -0.2) is 9.18 Å². The van der Waals surface area contributed by atoms with Crippen molar-refractivity contribution in [2.45, 2.75) is 33.3 Å². The van der Waals surface area contributed by atoms with E-state index in [-0.39, 0.29) is 10.7 Å². The molecule has 0 fully saturated rings. The minimum absolute atomic E-state index is 0.0441. The SMILES string of the molecule is CCc1ccccc1C(C)OC(=O)Nc1c(C)nsc1-c1cc(F)c(N)cc1Cl. The molecule has 1 amide bonds. The Morgan fingerprint density at radius 1 is 1.38 bits per heavy atom. The third-order valence-corrected chi connectivity index (χ3v) is 5.86. The average Bonchev–Trinajstić information content (AvgIpc) is 3.04. The zero-order chi connectivity index (χ0) is 21.1. The van der Waals surface area contributed by atoms with Gasteiger partial charge >= 0.3 is 6.09 Å². The molecule has 29 heavy (non-hydrogen) atoms. The number of halogens is 2. The predicted octanol–water partition coefficient (Wildman–Crippen LogP) is 6.37. The second-order valence-electron chi connectivity index (χ2n) is 6.55. The van der Waals surface area contributed by atoms with Gasteiger partial charge in [-0.2, -0.15) is 4.37 Å². The number of nitrogens with zero attached hydrogens (tertiary/aromatic N) is 1. The summed E-state index contributed by atoms with van der Waals surface area (Å²) in [6.45, 7) is 5.61. The number of carbonyl (C=O) groups is 1. The highest BCUT2D eigenvalue weighted by atomic mass is 35.5. The highest BCUT2D eigenvalue weighted by Crippen LogP contribution is 2.40. The number of carbonyl (C=O) groups excluding carboxylic acids is 1. The number of benzene rings is 2.